The first-order chi connectivity index (χ1) is 17.1. The van der Waals surface area contributed by atoms with Gasteiger partial charge in [0.15, 0.2) is 0 Å². The van der Waals surface area contributed by atoms with E-state index < -0.39 is 12.1 Å². The van der Waals surface area contributed by atoms with E-state index in [0.717, 1.165) is 25.9 Å². The van der Waals surface area contributed by atoms with Crippen molar-refractivity contribution in [1.29, 1.82) is 0 Å². The van der Waals surface area contributed by atoms with Gasteiger partial charge in [0, 0.05) is 37.9 Å². The number of aliphatic carboxylic acids is 1. The molecule has 0 bridgehead atoms. The molecular formula is C29H43NO5. The molecule has 1 heterocycles. The summed E-state index contributed by atoms with van der Waals surface area (Å²) in [6, 6.07) is 8.83. The van der Waals surface area contributed by atoms with Gasteiger partial charge < -0.3 is 19.7 Å². The van der Waals surface area contributed by atoms with Gasteiger partial charge in [-0.3, -0.25) is 9.69 Å². The van der Waals surface area contributed by atoms with Crippen LogP contribution >= 0.6 is 0 Å². The third kappa shape index (κ3) is 7.39. The first-order valence-corrected chi connectivity index (χ1v) is 13.7. The molecule has 0 aromatic heterocycles. The van der Waals surface area contributed by atoms with Gasteiger partial charge in [-0.15, -0.1) is 0 Å². The number of unbranched alkanes of at least 4 members (excludes halogenated alkanes) is 1. The predicted octanol–water partition coefficient (Wildman–Crippen LogP) is 4.90. The Bertz CT molecular complexity index is 815. The van der Waals surface area contributed by atoms with E-state index in [1.165, 1.54) is 43.2 Å². The Balaban J connectivity index is 1.42. The standard InChI is InChI=1S/C29H43NO5/c31-26-20-27(35-21-23-12-8-9-13-24(23)22-10-4-3-5-11-22)25(14-6-1-2-7-15-28(32)33)29(26)30-16-18-34-19-17-30/h1,6,8-9,12-13,22,25-27,29,31H,2-5,7,10-11,14-21H2,(H,32,33)/t25-,26+,27-,29+/m1/s1. The molecule has 0 unspecified atom stereocenters. The van der Waals surface area contributed by atoms with E-state index >= 15 is 0 Å². The van der Waals surface area contributed by atoms with Gasteiger partial charge >= 0.3 is 5.97 Å². The summed E-state index contributed by atoms with van der Waals surface area (Å²) in [7, 11) is 0. The molecule has 2 N–H and O–H groups in total. The van der Waals surface area contributed by atoms with Crippen molar-refractivity contribution in [3.8, 4) is 0 Å². The van der Waals surface area contributed by atoms with Gasteiger partial charge in [-0.05, 0) is 49.1 Å². The number of carbonyl (C=O) groups is 1. The first kappa shape index (κ1) is 26.3. The molecule has 2 aliphatic carbocycles. The number of carboxylic acids is 1. The van der Waals surface area contributed by atoms with E-state index in [9.17, 15) is 9.90 Å². The lowest BCUT2D eigenvalue weighted by Crippen LogP contribution is -2.50. The Labute approximate surface area is 210 Å². The van der Waals surface area contributed by atoms with Gasteiger partial charge in [-0.1, -0.05) is 55.7 Å². The van der Waals surface area contributed by atoms with Crippen LogP contribution in [0.2, 0.25) is 0 Å². The largest absolute Gasteiger partial charge is 0.481 e. The van der Waals surface area contributed by atoms with Crippen LogP contribution in [-0.4, -0.2) is 65.6 Å². The van der Waals surface area contributed by atoms with Crippen LogP contribution in [0.5, 0.6) is 0 Å². The minimum atomic E-state index is -0.744. The zero-order chi connectivity index (χ0) is 24.5. The summed E-state index contributed by atoms with van der Waals surface area (Å²) >= 11 is 0. The SMILES string of the molecule is O=C(O)CCCC=CC[C@H]1[C@H](N2CCOCC2)[C@@H](O)C[C@H]1OCc1ccccc1C1CCCCC1. The fourth-order valence-corrected chi connectivity index (χ4v) is 6.35. The fraction of sp³-hybridized carbons (Fsp3) is 0.690. The van der Waals surface area contributed by atoms with Gasteiger partial charge in [-0.2, -0.15) is 0 Å². The highest BCUT2D eigenvalue weighted by atomic mass is 16.5. The highest BCUT2D eigenvalue weighted by Crippen LogP contribution is 2.38. The topological polar surface area (TPSA) is 79.2 Å². The summed E-state index contributed by atoms with van der Waals surface area (Å²) in [5.41, 5.74) is 2.75. The minimum Gasteiger partial charge on any atom is -0.481 e. The number of benzene rings is 1. The number of aliphatic hydroxyl groups is 1. The van der Waals surface area contributed by atoms with E-state index in [0.29, 0.717) is 38.6 Å². The monoisotopic (exact) mass is 485 g/mol. The zero-order valence-corrected chi connectivity index (χ0v) is 21.0. The van der Waals surface area contributed by atoms with Crippen LogP contribution in [0.25, 0.3) is 0 Å². The maximum atomic E-state index is 11.1. The number of aliphatic hydroxyl groups excluding tert-OH is 1. The number of rotatable bonds is 11. The quantitative estimate of drug-likeness (QED) is 0.343. The summed E-state index contributed by atoms with van der Waals surface area (Å²) in [5.74, 6) is 0.107. The number of ether oxygens (including phenoxy) is 2. The number of hydrogen-bond donors (Lipinski definition) is 2. The first-order valence-electron chi connectivity index (χ1n) is 13.7. The summed E-state index contributed by atoms with van der Waals surface area (Å²) in [6.45, 7) is 3.71. The van der Waals surface area contributed by atoms with Crippen molar-refractivity contribution in [2.45, 2.75) is 95.0 Å². The lowest BCUT2D eigenvalue weighted by Gasteiger charge is -2.37. The molecule has 6 nitrogen and oxygen atoms in total. The lowest BCUT2D eigenvalue weighted by molar-refractivity contribution is -0.137. The summed E-state index contributed by atoms with van der Waals surface area (Å²) in [5, 5.41) is 19.9. The zero-order valence-electron chi connectivity index (χ0n) is 21.0. The Kier molecular flexibility index (Phi) is 10.2. The molecule has 1 aromatic rings. The Hall–Kier alpha value is -1.73. The molecule has 3 aliphatic rings. The number of allylic oxidation sites excluding steroid dienone is 2. The second-order valence-corrected chi connectivity index (χ2v) is 10.5. The number of morpholine rings is 1. The molecule has 0 spiro atoms. The molecule has 1 aliphatic heterocycles. The van der Waals surface area contributed by atoms with Crippen molar-refractivity contribution >= 4 is 5.97 Å². The molecule has 194 valence electrons. The van der Waals surface area contributed by atoms with Crippen LogP contribution < -0.4 is 0 Å². The van der Waals surface area contributed by atoms with Crippen molar-refractivity contribution < 1.29 is 24.5 Å². The summed E-state index contributed by atoms with van der Waals surface area (Å²) in [4.78, 5) is 13.2. The smallest absolute Gasteiger partial charge is 0.303 e. The number of carboxylic acid groups (broad SMARTS) is 1. The van der Waals surface area contributed by atoms with Crippen LogP contribution in [0.15, 0.2) is 36.4 Å². The molecule has 6 heteroatoms. The van der Waals surface area contributed by atoms with Crippen molar-refractivity contribution in [1.82, 2.24) is 4.90 Å². The molecule has 1 aromatic carbocycles. The van der Waals surface area contributed by atoms with Crippen molar-refractivity contribution in [3.63, 3.8) is 0 Å². The van der Waals surface area contributed by atoms with Crippen LogP contribution in [-0.2, 0) is 20.9 Å². The molecular weight excluding hydrogens is 442 g/mol. The second-order valence-electron chi connectivity index (χ2n) is 10.5. The molecule has 0 amide bonds. The normalized spacial score (nSPS) is 28.6. The Morgan fingerprint density at radius 2 is 1.89 bits per heavy atom. The molecule has 35 heavy (non-hydrogen) atoms. The minimum absolute atomic E-state index is 0.000858. The third-order valence-corrected chi connectivity index (χ3v) is 8.14. The van der Waals surface area contributed by atoms with Gasteiger partial charge in [0.05, 0.1) is 32.0 Å². The van der Waals surface area contributed by atoms with E-state index in [-0.39, 0.29) is 24.5 Å². The van der Waals surface area contributed by atoms with Gasteiger partial charge in [0.25, 0.3) is 0 Å². The van der Waals surface area contributed by atoms with Crippen molar-refractivity contribution in [3.05, 3.63) is 47.5 Å². The van der Waals surface area contributed by atoms with E-state index in [1.54, 1.807) is 0 Å². The maximum Gasteiger partial charge on any atom is 0.303 e. The average Bonchev–Trinajstić information content (AvgIpc) is 3.20. The maximum absolute atomic E-state index is 11.1. The summed E-state index contributed by atoms with van der Waals surface area (Å²) in [6.07, 6.45) is 13.5. The average molecular weight is 486 g/mol. The molecule has 1 saturated heterocycles. The van der Waals surface area contributed by atoms with E-state index in [2.05, 4.69) is 41.3 Å². The molecule has 2 saturated carbocycles. The molecule has 4 atom stereocenters. The Morgan fingerprint density at radius 3 is 2.66 bits per heavy atom. The van der Waals surface area contributed by atoms with Gasteiger partial charge in [0.2, 0.25) is 0 Å². The van der Waals surface area contributed by atoms with Gasteiger partial charge in [0.1, 0.15) is 0 Å². The van der Waals surface area contributed by atoms with E-state index in [4.69, 9.17) is 14.6 Å². The van der Waals surface area contributed by atoms with E-state index in [1.807, 2.05) is 0 Å². The van der Waals surface area contributed by atoms with Crippen molar-refractivity contribution in [2.24, 2.45) is 5.92 Å². The lowest BCUT2D eigenvalue weighted by atomic mass is 9.82. The van der Waals surface area contributed by atoms with Crippen LogP contribution in [0.1, 0.15) is 81.3 Å². The number of nitrogens with zero attached hydrogens (tertiary/aromatic N) is 1. The summed E-state index contributed by atoms with van der Waals surface area (Å²) < 4.78 is 12.2. The highest BCUT2D eigenvalue weighted by Gasteiger charge is 2.45. The Morgan fingerprint density at radius 1 is 1.11 bits per heavy atom. The molecule has 3 fully saturated rings. The number of hydrogen-bond acceptors (Lipinski definition) is 5. The van der Waals surface area contributed by atoms with Crippen LogP contribution in [0, 0.1) is 5.92 Å². The molecule has 4 rings (SSSR count). The van der Waals surface area contributed by atoms with Gasteiger partial charge in [-0.25, -0.2) is 0 Å². The van der Waals surface area contributed by atoms with Crippen LogP contribution in [0.3, 0.4) is 0 Å². The third-order valence-electron chi connectivity index (χ3n) is 8.14. The van der Waals surface area contributed by atoms with Crippen molar-refractivity contribution in [2.75, 3.05) is 26.3 Å². The predicted molar refractivity (Wildman–Crippen MR) is 136 cm³/mol. The van der Waals surface area contributed by atoms with Crippen LogP contribution in [0.4, 0.5) is 0 Å². The highest BCUT2D eigenvalue weighted by molar-refractivity contribution is 5.66. The molecule has 0 radical (unpaired) electrons. The fourth-order valence-electron chi connectivity index (χ4n) is 6.35. The second kappa shape index (κ2) is 13.5.